The molecule has 3 aromatic rings. The highest BCUT2D eigenvalue weighted by molar-refractivity contribution is 7.98. The van der Waals surface area contributed by atoms with Crippen LogP contribution in [0.3, 0.4) is 0 Å². The number of hydrogen-bond donors (Lipinski definition) is 1. The summed E-state index contributed by atoms with van der Waals surface area (Å²) in [5.74, 6) is 1.45. The minimum atomic E-state index is 0.270. The Bertz CT molecular complexity index is 1100. The fourth-order valence-corrected chi connectivity index (χ4v) is 3.34. The van der Waals surface area contributed by atoms with E-state index in [1.807, 2.05) is 12.3 Å². The van der Waals surface area contributed by atoms with E-state index >= 15 is 0 Å². The molecule has 2 aromatic carbocycles. The van der Waals surface area contributed by atoms with Crippen molar-refractivity contribution in [2.24, 2.45) is 0 Å². The van der Waals surface area contributed by atoms with E-state index < -0.39 is 0 Å². The Labute approximate surface area is 182 Å². The SMILES string of the molecule is COc1ccc(-c2nc(SC)nc(Nc3cc(Cl)ccc3Cl)c2C#N)cc1OC. The number of benzene rings is 2. The maximum absolute atomic E-state index is 9.86. The number of nitriles is 1. The van der Waals surface area contributed by atoms with Crippen molar-refractivity contribution in [2.75, 3.05) is 25.8 Å². The predicted octanol–water partition coefficient (Wildman–Crippen LogP) is 5.80. The molecule has 0 spiro atoms. The van der Waals surface area contributed by atoms with Gasteiger partial charge in [-0.2, -0.15) is 5.26 Å². The molecule has 0 aliphatic carbocycles. The third kappa shape index (κ3) is 4.51. The summed E-state index contributed by atoms with van der Waals surface area (Å²) in [6.45, 7) is 0. The highest BCUT2D eigenvalue weighted by Gasteiger charge is 2.18. The number of ether oxygens (including phenoxy) is 2. The average molecular weight is 447 g/mol. The summed E-state index contributed by atoms with van der Waals surface area (Å²) in [4.78, 5) is 8.99. The van der Waals surface area contributed by atoms with Crippen molar-refractivity contribution in [1.29, 1.82) is 5.26 Å². The lowest BCUT2D eigenvalue weighted by atomic mass is 10.1. The number of methoxy groups -OCH3 is 2. The molecule has 0 aliphatic rings. The van der Waals surface area contributed by atoms with Gasteiger partial charge in [0.05, 0.1) is 30.6 Å². The molecular formula is C20H16Cl2N4O2S. The number of hydrogen-bond acceptors (Lipinski definition) is 7. The second-order valence-corrected chi connectivity index (χ2v) is 7.33. The van der Waals surface area contributed by atoms with Gasteiger partial charge in [0.1, 0.15) is 11.6 Å². The van der Waals surface area contributed by atoms with Gasteiger partial charge in [-0.15, -0.1) is 0 Å². The summed E-state index contributed by atoms with van der Waals surface area (Å²) in [5.41, 5.74) is 1.97. The lowest BCUT2D eigenvalue weighted by molar-refractivity contribution is 0.355. The molecule has 6 nitrogen and oxygen atoms in total. The quantitative estimate of drug-likeness (QED) is 0.378. The normalized spacial score (nSPS) is 10.3. The molecule has 148 valence electrons. The van der Waals surface area contributed by atoms with Crippen LogP contribution in [0.15, 0.2) is 41.6 Å². The fourth-order valence-electron chi connectivity index (χ4n) is 2.64. The molecule has 9 heteroatoms. The second kappa shape index (κ2) is 9.23. The molecule has 0 saturated carbocycles. The van der Waals surface area contributed by atoms with Gasteiger partial charge in [-0.25, -0.2) is 9.97 Å². The van der Waals surface area contributed by atoms with Crippen molar-refractivity contribution >= 4 is 46.5 Å². The van der Waals surface area contributed by atoms with E-state index in [1.54, 1.807) is 44.6 Å². The van der Waals surface area contributed by atoms with Crippen LogP contribution in [0.2, 0.25) is 10.0 Å². The Morgan fingerprint density at radius 3 is 2.45 bits per heavy atom. The van der Waals surface area contributed by atoms with Gasteiger partial charge in [-0.3, -0.25) is 0 Å². The highest BCUT2D eigenvalue weighted by atomic mass is 35.5. The van der Waals surface area contributed by atoms with Crippen molar-refractivity contribution in [3.8, 4) is 28.8 Å². The van der Waals surface area contributed by atoms with Gasteiger partial charge in [-0.1, -0.05) is 35.0 Å². The zero-order chi connectivity index (χ0) is 21.0. The van der Waals surface area contributed by atoms with Crippen LogP contribution in [0.4, 0.5) is 11.5 Å². The lowest BCUT2D eigenvalue weighted by Crippen LogP contribution is -2.04. The van der Waals surface area contributed by atoms with E-state index in [1.165, 1.54) is 11.8 Å². The maximum atomic E-state index is 9.86. The molecule has 1 N–H and O–H groups in total. The molecule has 0 saturated heterocycles. The van der Waals surface area contributed by atoms with Crippen LogP contribution in [0, 0.1) is 11.3 Å². The van der Waals surface area contributed by atoms with Crippen LogP contribution < -0.4 is 14.8 Å². The monoisotopic (exact) mass is 446 g/mol. The van der Waals surface area contributed by atoms with Gasteiger partial charge < -0.3 is 14.8 Å². The number of nitrogens with zero attached hydrogens (tertiary/aromatic N) is 3. The van der Waals surface area contributed by atoms with Crippen molar-refractivity contribution in [1.82, 2.24) is 9.97 Å². The molecule has 0 amide bonds. The Kier molecular flexibility index (Phi) is 6.70. The molecule has 0 aliphatic heterocycles. The van der Waals surface area contributed by atoms with Gasteiger partial charge in [0.15, 0.2) is 22.5 Å². The van der Waals surface area contributed by atoms with E-state index in [0.29, 0.717) is 49.5 Å². The van der Waals surface area contributed by atoms with E-state index in [-0.39, 0.29) is 5.56 Å². The minimum Gasteiger partial charge on any atom is -0.493 e. The Hall–Kier alpha value is -2.66. The Morgan fingerprint density at radius 1 is 1.03 bits per heavy atom. The summed E-state index contributed by atoms with van der Waals surface area (Å²) >= 11 is 13.7. The number of halogens is 2. The van der Waals surface area contributed by atoms with Crippen LogP contribution in [-0.4, -0.2) is 30.4 Å². The topological polar surface area (TPSA) is 80.1 Å². The molecule has 3 rings (SSSR count). The predicted molar refractivity (Wildman–Crippen MR) is 117 cm³/mol. The first-order chi connectivity index (χ1) is 14.0. The van der Waals surface area contributed by atoms with Crippen LogP contribution in [0.5, 0.6) is 11.5 Å². The Balaban J connectivity index is 2.17. The summed E-state index contributed by atoms with van der Waals surface area (Å²) in [6, 6.07) is 12.5. The third-order valence-electron chi connectivity index (χ3n) is 4.02. The summed E-state index contributed by atoms with van der Waals surface area (Å²) in [7, 11) is 3.11. The standard InChI is InChI=1S/C20H16Cl2N4O2S/c1-27-16-7-4-11(8-17(16)28-2)18-13(10-23)19(26-20(25-18)29-3)24-15-9-12(21)5-6-14(15)22/h4-9H,1-3H3,(H,24,25,26). The van der Waals surface area contributed by atoms with Gasteiger partial charge in [0.2, 0.25) is 0 Å². The number of rotatable bonds is 6. The molecule has 29 heavy (non-hydrogen) atoms. The fraction of sp³-hybridized carbons (Fsp3) is 0.150. The zero-order valence-corrected chi connectivity index (χ0v) is 18.1. The number of thioether (sulfide) groups is 1. The highest BCUT2D eigenvalue weighted by Crippen LogP contribution is 2.36. The summed E-state index contributed by atoms with van der Waals surface area (Å²) in [5, 5.41) is 14.4. The van der Waals surface area contributed by atoms with Gasteiger partial charge >= 0.3 is 0 Å². The first-order valence-electron chi connectivity index (χ1n) is 8.31. The molecule has 0 bridgehead atoms. The van der Waals surface area contributed by atoms with Crippen molar-refractivity contribution in [3.05, 3.63) is 52.0 Å². The van der Waals surface area contributed by atoms with Crippen molar-refractivity contribution < 1.29 is 9.47 Å². The van der Waals surface area contributed by atoms with Crippen molar-refractivity contribution in [3.63, 3.8) is 0 Å². The largest absolute Gasteiger partial charge is 0.493 e. The van der Waals surface area contributed by atoms with Crippen LogP contribution in [0.25, 0.3) is 11.3 Å². The number of aromatic nitrogens is 2. The van der Waals surface area contributed by atoms with Crippen LogP contribution in [-0.2, 0) is 0 Å². The smallest absolute Gasteiger partial charge is 0.189 e. The van der Waals surface area contributed by atoms with Crippen LogP contribution in [0.1, 0.15) is 5.56 Å². The number of nitrogens with one attached hydrogen (secondary N) is 1. The molecule has 1 aromatic heterocycles. The number of anilines is 2. The molecule has 0 atom stereocenters. The Morgan fingerprint density at radius 2 is 1.79 bits per heavy atom. The molecule has 0 fully saturated rings. The van der Waals surface area contributed by atoms with E-state index in [2.05, 4.69) is 21.4 Å². The van der Waals surface area contributed by atoms with Gasteiger partial charge in [0, 0.05) is 10.6 Å². The summed E-state index contributed by atoms with van der Waals surface area (Å²) in [6.07, 6.45) is 1.86. The summed E-state index contributed by atoms with van der Waals surface area (Å²) < 4.78 is 10.7. The third-order valence-corrected chi connectivity index (χ3v) is 5.13. The zero-order valence-electron chi connectivity index (χ0n) is 15.8. The first-order valence-corrected chi connectivity index (χ1v) is 10.3. The van der Waals surface area contributed by atoms with Crippen molar-refractivity contribution in [2.45, 2.75) is 5.16 Å². The second-order valence-electron chi connectivity index (χ2n) is 5.71. The van der Waals surface area contributed by atoms with Gasteiger partial charge in [-0.05, 0) is 42.7 Å². The molecule has 0 radical (unpaired) electrons. The average Bonchev–Trinajstić information content (AvgIpc) is 2.75. The van der Waals surface area contributed by atoms with Gasteiger partial charge in [0.25, 0.3) is 0 Å². The molecule has 1 heterocycles. The molecule has 0 unspecified atom stereocenters. The van der Waals surface area contributed by atoms with E-state index in [9.17, 15) is 5.26 Å². The minimum absolute atomic E-state index is 0.270. The maximum Gasteiger partial charge on any atom is 0.189 e. The van der Waals surface area contributed by atoms with Crippen LogP contribution >= 0.6 is 35.0 Å². The lowest BCUT2D eigenvalue weighted by Gasteiger charge is -2.14. The molecular weight excluding hydrogens is 431 g/mol. The van der Waals surface area contributed by atoms with E-state index in [4.69, 9.17) is 32.7 Å². The van der Waals surface area contributed by atoms with E-state index in [0.717, 1.165) is 0 Å². The first kappa shape index (κ1) is 21.1.